The highest BCUT2D eigenvalue weighted by Crippen LogP contribution is 2.28. The van der Waals surface area contributed by atoms with Crippen molar-refractivity contribution in [2.45, 2.75) is 25.7 Å². The van der Waals surface area contributed by atoms with Gasteiger partial charge >= 0.3 is 0 Å². The van der Waals surface area contributed by atoms with Crippen molar-refractivity contribution in [2.75, 3.05) is 6.61 Å². The number of phenols is 1. The van der Waals surface area contributed by atoms with Gasteiger partial charge in [0.15, 0.2) is 11.5 Å². The Labute approximate surface area is 141 Å². The molecule has 0 saturated carbocycles. The maximum Gasteiger partial charge on any atom is 0.276 e. The normalized spacial score (nSPS) is 11.6. The molecule has 24 heavy (non-hydrogen) atoms. The van der Waals surface area contributed by atoms with Crippen molar-refractivity contribution in [3.05, 3.63) is 53.1 Å². The van der Waals surface area contributed by atoms with Gasteiger partial charge in [0.05, 0.1) is 17.7 Å². The van der Waals surface area contributed by atoms with Crippen molar-refractivity contribution < 1.29 is 18.3 Å². The minimum atomic E-state index is -3.77. The molecule has 0 spiro atoms. The Kier molecular flexibility index (Phi) is 5.46. The maximum atomic E-state index is 12.3. The molecule has 0 fully saturated rings. The average Bonchev–Trinajstić information content (AvgIpc) is 2.50. The van der Waals surface area contributed by atoms with E-state index in [1.54, 1.807) is 44.2 Å². The first-order valence-corrected chi connectivity index (χ1v) is 8.90. The van der Waals surface area contributed by atoms with E-state index in [0.29, 0.717) is 23.5 Å². The number of sulfonamides is 1. The third-order valence-corrected chi connectivity index (χ3v) is 4.71. The van der Waals surface area contributed by atoms with Crippen LogP contribution >= 0.6 is 0 Å². The molecule has 2 rings (SSSR count). The lowest BCUT2D eigenvalue weighted by Gasteiger charge is -2.08. The molecule has 0 atom stereocenters. The monoisotopic (exact) mass is 348 g/mol. The zero-order valence-electron chi connectivity index (χ0n) is 13.8. The largest absolute Gasteiger partial charge is 0.504 e. The molecule has 0 aliphatic rings. The minimum absolute atomic E-state index is 0.0891. The highest BCUT2D eigenvalue weighted by Gasteiger charge is 2.15. The van der Waals surface area contributed by atoms with E-state index in [4.69, 9.17) is 4.74 Å². The fraction of sp³-hybridized carbons (Fsp3) is 0.235. The zero-order chi connectivity index (χ0) is 17.7. The van der Waals surface area contributed by atoms with Crippen LogP contribution in [0.2, 0.25) is 0 Å². The van der Waals surface area contributed by atoms with Crippen LogP contribution in [0.15, 0.2) is 46.4 Å². The van der Waals surface area contributed by atoms with Gasteiger partial charge < -0.3 is 9.84 Å². The molecule has 0 unspecified atom stereocenters. The number of benzene rings is 2. The van der Waals surface area contributed by atoms with E-state index in [0.717, 1.165) is 5.56 Å². The van der Waals surface area contributed by atoms with Gasteiger partial charge in [0.25, 0.3) is 10.0 Å². The zero-order valence-corrected chi connectivity index (χ0v) is 14.6. The lowest BCUT2D eigenvalue weighted by molar-refractivity contribution is 0.318. The number of aryl methyl sites for hydroxylation is 2. The third-order valence-electron chi connectivity index (χ3n) is 3.33. The van der Waals surface area contributed by atoms with E-state index < -0.39 is 10.0 Å². The second-order valence-electron chi connectivity index (χ2n) is 5.25. The number of ether oxygens (including phenoxy) is 1. The maximum absolute atomic E-state index is 12.3. The minimum Gasteiger partial charge on any atom is -0.504 e. The number of hydrogen-bond acceptors (Lipinski definition) is 5. The number of aromatic hydroxyl groups is 1. The first kappa shape index (κ1) is 17.8. The standard InChI is InChI=1S/C17H20N2O4S/c1-4-23-15-7-5-6-14(17(15)20)11-18-19-24(21,22)16-9-8-12(2)10-13(16)3/h5-11,19-20H,4H2,1-3H3/b18-11+. The summed E-state index contributed by atoms with van der Waals surface area (Å²) in [4.78, 5) is 2.32. The summed E-state index contributed by atoms with van der Waals surface area (Å²) in [7, 11) is -3.77. The van der Waals surface area contributed by atoms with Gasteiger partial charge in [0, 0.05) is 5.56 Å². The van der Waals surface area contributed by atoms with Gasteiger partial charge in [-0.25, -0.2) is 4.83 Å². The smallest absolute Gasteiger partial charge is 0.276 e. The Morgan fingerprint density at radius 1 is 1.25 bits per heavy atom. The molecule has 6 nitrogen and oxygen atoms in total. The summed E-state index contributed by atoms with van der Waals surface area (Å²) < 4.78 is 29.9. The van der Waals surface area contributed by atoms with E-state index in [9.17, 15) is 13.5 Å². The second kappa shape index (κ2) is 7.35. The average molecular weight is 348 g/mol. The molecule has 2 aromatic carbocycles. The lowest BCUT2D eigenvalue weighted by Crippen LogP contribution is -2.19. The van der Waals surface area contributed by atoms with Gasteiger partial charge in [-0.1, -0.05) is 23.8 Å². The quantitative estimate of drug-likeness (QED) is 0.621. The predicted molar refractivity (Wildman–Crippen MR) is 93.1 cm³/mol. The molecule has 2 N–H and O–H groups in total. The molecule has 0 aliphatic carbocycles. The van der Waals surface area contributed by atoms with Crippen LogP contribution in [-0.4, -0.2) is 26.3 Å². The van der Waals surface area contributed by atoms with E-state index in [1.807, 2.05) is 6.92 Å². The van der Waals surface area contributed by atoms with Crippen molar-refractivity contribution >= 4 is 16.2 Å². The van der Waals surface area contributed by atoms with Crippen molar-refractivity contribution in [1.82, 2.24) is 4.83 Å². The van der Waals surface area contributed by atoms with Gasteiger partial charge in [0.2, 0.25) is 0 Å². The van der Waals surface area contributed by atoms with Crippen LogP contribution in [0.5, 0.6) is 11.5 Å². The number of hydrazone groups is 1. The summed E-state index contributed by atoms with van der Waals surface area (Å²) >= 11 is 0. The summed E-state index contributed by atoms with van der Waals surface area (Å²) in [6.07, 6.45) is 1.24. The van der Waals surface area contributed by atoms with Crippen LogP contribution < -0.4 is 9.57 Å². The van der Waals surface area contributed by atoms with Gasteiger partial charge in [-0.3, -0.25) is 0 Å². The Bertz CT molecular complexity index is 861. The van der Waals surface area contributed by atoms with Crippen LogP contribution in [0.1, 0.15) is 23.6 Å². The molecule has 0 aliphatic heterocycles. The van der Waals surface area contributed by atoms with Crippen molar-refractivity contribution in [2.24, 2.45) is 5.10 Å². The van der Waals surface area contributed by atoms with Crippen molar-refractivity contribution in [3.63, 3.8) is 0 Å². The number of para-hydroxylation sites is 1. The number of rotatable bonds is 6. The molecule has 7 heteroatoms. The number of nitrogens with one attached hydrogen (secondary N) is 1. The number of hydrogen-bond donors (Lipinski definition) is 2. The van der Waals surface area contributed by atoms with Gasteiger partial charge in [-0.2, -0.15) is 13.5 Å². The Morgan fingerprint density at radius 2 is 2.00 bits per heavy atom. The van der Waals surface area contributed by atoms with Gasteiger partial charge in [-0.15, -0.1) is 0 Å². The summed E-state index contributed by atoms with van der Waals surface area (Å²) in [5, 5.41) is 13.8. The molecule has 0 saturated heterocycles. The summed E-state index contributed by atoms with van der Waals surface area (Å²) in [5.41, 5.74) is 1.97. The van der Waals surface area contributed by atoms with Crippen LogP contribution in [0.3, 0.4) is 0 Å². The molecule has 0 amide bonds. The first-order valence-electron chi connectivity index (χ1n) is 7.42. The summed E-state index contributed by atoms with van der Waals surface area (Å²) in [6, 6.07) is 9.96. The van der Waals surface area contributed by atoms with E-state index in [2.05, 4.69) is 9.93 Å². The fourth-order valence-electron chi connectivity index (χ4n) is 2.23. The van der Waals surface area contributed by atoms with Crippen molar-refractivity contribution in [3.8, 4) is 11.5 Å². The molecule has 2 aromatic rings. The Hall–Kier alpha value is -2.54. The third kappa shape index (κ3) is 4.05. The number of nitrogens with zero attached hydrogens (tertiary/aromatic N) is 1. The van der Waals surface area contributed by atoms with Gasteiger partial charge in [-0.05, 0) is 44.5 Å². The van der Waals surface area contributed by atoms with E-state index in [1.165, 1.54) is 12.3 Å². The fourth-order valence-corrected chi connectivity index (χ4v) is 3.25. The number of phenolic OH excluding ortho intramolecular Hbond substituents is 1. The van der Waals surface area contributed by atoms with Crippen LogP contribution in [0, 0.1) is 13.8 Å². The molecule has 128 valence electrons. The SMILES string of the molecule is CCOc1cccc(/C=N/NS(=O)(=O)c2ccc(C)cc2C)c1O. The van der Waals surface area contributed by atoms with E-state index in [-0.39, 0.29) is 10.6 Å². The summed E-state index contributed by atoms with van der Waals surface area (Å²) in [6.45, 7) is 5.83. The van der Waals surface area contributed by atoms with E-state index >= 15 is 0 Å². The molecule has 0 radical (unpaired) electrons. The van der Waals surface area contributed by atoms with Gasteiger partial charge in [0.1, 0.15) is 0 Å². The molecular formula is C17H20N2O4S. The van der Waals surface area contributed by atoms with Crippen LogP contribution in [0.4, 0.5) is 0 Å². The molecular weight excluding hydrogens is 328 g/mol. The lowest BCUT2D eigenvalue weighted by atomic mass is 10.2. The Balaban J connectivity index is 2.20. The molecule has 0 bridgehead atoms. The Morgan fingerprint density at radius 3 is 2.67 bits per heavy atom. The summed E-state index contributed by atoms with van der Waals surface area (Å²) in [5.74, 6) is 0.229. The molecule has 0 aromatic heterocycles. The van der Waals surface area contributed by atoms with Crippen molar-refractivity contribution in [1.29, 1.82) is 0 Å². The highest BCUT2D eigenvalue weighted by molar-refractivity contribution is 7.89. The first-order chi connectivity index (χ1) is 11.3. The predicted octanol–water partition coefficient (Wildman–Crippen LogP) is 2.72. The van der Waals surface area contributed by atoms with Crippen LogP contribution in [-0.2, 0) is 10.0 Å². The molecule has 0 heterocycles. The second-order valence-corrected chi connectivity index (χ2v) is 6.88. The highest BCUT2D eigenvalue weighted by atomic mass is 32.2. The topological polar surface area (TPSA) is 88.0 Å². The van der Waals surface area contributed by atoms with Crippen LogP contribution in [0.25, 0.3) is 0 Å².